The summed E-state index contributed by atoms with van der Waals surface area (Å²) in [6.07, 6.45) is 0.824. The van der Waals surface area contributed by atoms with Gasteiger partial charge in [0.2, 0.25) is 5.95 Å². The van der Waals surface area contributed by atoms with Crippen molar-refractivity contribution in [1.82, 2.24) is 20.2 Å². The summed E-state index contributed by atoms with van der Waals surface area (Å²) in [6, 6.07) is 0.104. The van der Waals surface area contributed by atoms with E-state index < -0.39 is 24.2 Å². The fourth-order valence-corrected chi connectivity index (χ4v) is 3.85. The molecule has 1 aromatic rings. The zero-order valence-electron chi connectivity index (χ0n) is 18.7. The number of hydrogen-bond acceptors (Lipinski definition) is 7. The van der Waals surface area contributed by atoms with Crippen LogP contribution in [0.25, 0.3) is 0 Å². The van der Waals surface area contributed by atoms with Gasteiger partial charge >= 0.3 is 6.09 Å². The smallest absolute Gasteiger partial charge is 0.407 e. The number of alkyl halides is 2. The Hall–Kier alpha value is -2.56. The second kappa shape index (κ2) is 10.4. The standard InChI is InChI=1S/C21H31F2N5O4/c1-21(2,3)32-20(30)24-7-11-31-16-6-10-28(18(16)29)15-4-8-27(9-5-15)19-25-12-14(13-26-19)17(22)23/h12-13,15-17H,4-11H2,1-3H3,(H,24,30). The van der Waals surface area contributed by atoms with E-state index in [1.807, 2.05) is 9.80 Å². The largest absolute Gasteiger partial charge is 0.444 e. The predicted molar refractivity (Wildman–Crippen MR) is 113 cm³/mol. The van der Waals surface area contributed by atoms with Gasteiger partial charge in [-0.05, 0) is 33.6 Å². The third-order valence-electron chi connectivity index (χ3n) is 5.38. The van der Waals surface area contributed by atoms with Crippen LogP contribution in [0.3, 0.4) is 0 Å². The van der Waals surface area contributed by atoms with Gasteiger partial charge in [0.1, 0.15) is 11.7 Å². The molecule has 1 unspecified atom stereocenters. The number of carbonyl (C=O) groups excluding carboxylic acids is 2. The highest BCUT2D eigenvalue weighted by Crippen LogP contribution is 2.26. The zero-order chi connectivity index (χ0) is 23.3. The van der Waals surface area contributed by atoms with Crippen LogP contribution >= 0.6 is 0 Å². The molecule has 0 aromatic carbocycles. The summed E-state index contributed by atoms with van der Waals surface area (Å²) in [6.45, 7) is 7.78. The Labute approximate surface area is 186 Å². The Morgan fingerprint density at radius 3 is 2.44 bits per heavy atom. The number of nitrogens with zero attached hydrogens (tertiary/aromatic N) is 4. The minimum absolute atomic E-state index is 0.0294. The summed E-state index contributed by atoms with van der Waals surface area (Å²) in [5, 5.41) is 2.61. The maximum absolute atomic E-state index is 12.8. The van der Waals surface area contributed by atoms with Gasteiger partial charge in [-0.25, -0.2) is 23.5 Å². The number of rotatable bonds is 7. The molecule has 2 fully saturated rings. The SMILES string of the molecule is CC(C)(C)OC(=O)NCCOC1CCN(C2CCN(c3ncc(C(F)F)cn3)CC2)C1=O. The van der Waals surface area contributed by atoms with Gasteiger partial charge in [0.05, 0.1) is 12.2 Å². The normalized spacial score (nSPS) is 20.2. The third-order valence-corrected chi connectivity index (χ3v) is 5.38. The molecule has 0 aliphatic carbocycles. The molecule has 0 bridgehead atoms. The number of amides is 2. The fourth-order valence-electron chi connectivity index (χ4n) is 3.85. The van der Waals surface area contributed by atoms with E-state index in [1.54, 1.807) is 20.8 Å². The molecule has 9 nitrogen and oxygen atoms in total. The van der Waals surface area contributed by atoms with Gasteiger partial charge in [0.15, 0.2) is 0 Å². The first-order chi connectivity index (χ1) is 15.1. The van der Waals surface area contributed by atoms with Crippen molar-refractivity contribution >= 4 is 17.9 Å². The summed E-state index contributed by atoms with van der Waals surface area (Å²) in [5.74, 6) is 0.401. The molecule has 2 saturated heterocycles. The zero-order valence-corrected chi connectivity index (χ0v) is 18.7. The first kappa shape index (κ1) is 24.1. The average Bonchev–Trinajstić information content (AvgIpc) is 3.10. The maximum atomic E-state index is 12.8. The van der Waals surface area contributed by atoms with Crippen molar-refractivity contribution in [3.63, 3.8) is 0 Å². The number of alkyl carbamates (subject to hydrolysis) is 1. The second-order valence-electron chi connectivity index (χ2n) is 8.94. The van der Waals surface area contributed by atoms with Crippen LogP contribution in [0.1, 0.15) is 52.0 Å². The fraction of sp³-hybridized carbons (Fsp3) is 0.714. The molecule has 3 rings (SSSR count). The molecule has 2 aliphatic rings. The van der Waals surface area contributed by atoms with Crippen LogP contribution in [0.4, 0.5) is 19.5 Å². The number of piperidine rings is 1. The van der Waals surface area contributed by atoms with Gasteiger partial charge < -0.3 is 24.6 Å². The summed E-state index contributed by atoms with van der Waals surface area (Å²) in [4.78, 5) is 36.3. The van der Waals surface area contributed by atoms with Crippen molar-refractivity contribution in [3.8, 4) is 0 Å². The minimum atomic E-state index is -2.58. The van der Waals surface area contributed by atoms with E-state index in [2.05, 4.69) is 15.3 Å². The van der Waals surface area contributed by atoms with E-state index in [0.717, 1.165) is 25.2 Å². The van der Waals surface area contributed by atoms with Gasteiger partial charge in [-0.1, -0.05) is 0 Å². The lowest BCUT2D eigenvalue weighted by molar-refractivity contribution is -0.139. The summed E-state index contributed by atoms with van der Waals surface area (Å²) >= 11 is 0. The number of nitrogens with one attached hydrogen (secondary N) is 1. The van der Waals surface area contributed by atoms with Crippen molar-refractivity contribution in [2.24, 2.45) is 0 Å². The van der Waals surface area contributed by atoms with Gasteiger partial charge in [-0.3, -0.25) is 4.79 Å². The van der Waals surface area contributed by atoms with Crippen molar-refractivity contribution in [1.29, 1.82) is 0 Å². The van der Waals surface area contributed by atoms with Crippen molar-refractivity contribution in [2.75, 3.05) is 37.7 Å². The van der Waals surface area contributed by atoms with Crippen LogP contribution < -0.4 is 10.2 Å². The lowest BCUT2D eigenvalue weighted by atomic mass is 10.0. The lowest BCUT2D eigenvalue weighted by Gasteiger charge is -2.36. The molecule has 2 amide bonds. The number of likely N-dealkylation sites (tertiary alicyclic amines) is 1. The molecular formula is C21H31F2N5O4. The molecule has 1 N–H and O–H groups in total. The van der Waals surface area contributed by atoms with Gasteiger partial charge in [0, 0.05) is 51.0 Å². The van der Waals surface area contributed by atoms with E-state index in [9.17, 15) is 18.4 Å². The second-order valence-corrected chi connectivity index (χ2v) is 8.94. The van der Waals surface area contributed by atoms with Crippen molar-refractivity contribution < 1.29 is 27.8 Å². The van der Waals surface area contributed by atoms with Gasteiger partial charge in [-0.15, -0.1) is 0 Å². The molecule has 0 spiro atoms. The molecule has 1 atom stereocenters. The molecule has 32 heavy (non-hydrogen) atoms. The number of ether oxygens (including phenoxy) is 2. The minimum Gasteiger partial charge on any atom is -0.444 e. The number of anilines is 1. The van der Waals surface area contributed by atoms with Crippen LogP contribution in [0, 0.1) is 0 Å². The number of carbonyl (C=O) groups is 2. The van der Waals surface area contributed by atoms with E-state index in [1.165, 1.54) is 0 Å². The Bertz CT molecular complexity index is 779. The molecule has 2 aliphatic heterocycles. The highest BCUT2D eigenvalue weighted by Gasteiger charge is 2.38. The van der Waals surface area contributed by atoms with Crippen LogP contribution in [-0.4, -0.2) is 77.4 Å². The molecule has 11 heteroatoms. The lowest BCUT2D eigenvalue weighted by Crippen LogP contribution is -2.47. The summed E-state index contributed by atoms with van der Waals surface area (Å²) in [5.41, 5.74) is -0.761. The van der Waals surface area contributed by atoms with Gasteiger partial charge in [-0.2, -0.15) is 0 Å². The molecule has 1 aromatic heterocycles. The maximum Gasteiger partial charge on any atom is 0.407 e. The van der Waals surface area contributed by atoms with Crippen LogP contribution in [0.2, 0.25) is 0 Å². The average molecular weight is 456 g/mol. The molecule has 0 saturated carbocycles. The molecule has 3 heterocycles. The van der Waals surface area contributed by atoms with Gasteiger partial charge in [0.25, 0.3) is 12.3 Å². The molecule has 178 valence electrons. The van der Waals surface area contributed by atoms with E-state index in [-0.39, 0.29) is 30.7 Å². The Kier molecular flexibility index (Phi) is 7.81. The molecular weight excluding hydrogens is 424 g/mol. The predicted octanol–water partition coefficient (Wildman–Crippen LogP) is 2.53. The first-order valence-corrected chi connectivity index (χ1v) is 10.9. The monoisotopic (exact) mass is 455 g/mol. The van der Waals surface area contributed by atoms with Crippen LogP contribution in [0.5, 0.6) is 0 Å². The third kappa shape index (κ3) is 6.47. The summed E-state index contributed by atoms with van der Waals surface area (Å²) in [7, 11) is 0. The number of halogens is 2. The van der Waals surface area contributed by atoms with Crippen molar-refractivity contribution in [2.45, 2.75) is 64.2 Å². The number of aromatic nitrogens is 2. The number of hydrogen-bond donors (Lipinski definition) is 1. The van der Waals surface area contributed by atoms with Crippen LogP contribution in [-0.2, 0) is 14.3 Å². The van der Waals surface area contributed by atoms with E-state index >= 15 is 0 Å². The van der Waals surface area contributed by atoms with Crippen LogP contribution in [0.15, 0.2) is 12.4 Å². The summed E-state index contributed by atoms with van der Waals surface area (Å²) < 4.78 is 36.2. The topological polar surface area (TPSA) is 96.9 Å². The first-order valence-electron chi connectivity index (χ1n) is 10.9. The Morgan fingerprint density at radius 1 is 1.19 bits per heavy atom. The Morgan fingerprint density at radius 2 is 1.84 bits per heavy atom. The quantitative estimate of drug-likeness (QED) is 0.631. The highest BCUT2D eigenvalue weighted by molar-refractivity contribution is 5.83. The van der Waals surface area contributed by atoms with E-state index in [4.69, 9.17) is 9.47 Å². The highest BCUT2D eigenvalue weighted by atomic mass is 19.3. The van der Waals surface area contributed by atoms with E-state index in [0.29, 0.717) is 32.0 Å². The Balaban J connectivity index is 1.39. The molecule has 0 radical (unpaired) electrons. The van der Waals surface area contributed by atoms with Crippen molar-refractivity contribution in [3.05, 3.63) is 18.0 Å².